The molecule has 3 N–H and O–H groups in total. The SMILES string of the molecule is NC[CH]CO. The highest BCUT2D eigenvalue weighted by atomic mass is 16.2. The van der Waals surface area contributed by atoms with Crippen molar-refractivity contribution in [2.45, 2.75) is 0 Å². The quantitative estimate of drug-likeness (QED) is 0.448. The van der Waals surface area contributed by atoms with Gasteiger partial charge in [0.2, 0.25) is 0 Å². The minimum absolute atomic E-state index is 0.0938. The number of aliphatic hydroxyl groups is 1. The van der Waals surface area contributed by atoms with Crippen LogP contribution < -0.4 is 5.73 Å². The van der Waals surface area contributed by atoms with Crippen molar-refractivity contribution < 1.29 is 5.11 Å². The molecule has 2 heteroatoms. The Morgan fingerprint density at radius 2 is 2.40 bits per heavy atom. The Labute approximate surface area is 31.6 Å². The lowest BCUT2D eigenvalue weighted by atomic mass is 10.5. The van der Waals surface area contributed by atoms with Gasteiger partial charge in [-0.1, -0.05) is 0 Å². The summed E-state index contributed by atoms with van der Waals surface area (Å²) in [6.07, 6.45) is 1.58. The highest BCUT2D eigenvalue weighted by Gasteiger charge is 1.69. The normalized spacial score (nSPS) is 8.40. The van der Waals surface area contributed by atoms with Crippen LogP contribution in [0.1, 0.15) is 0 Å². The Balaban J connectivity index is 2.19. The van der Waals surface area contributed by atoms with E-state index < -0.39 is 0 Å². The molecule has 1 radical (unpaired) electrons. The summed E-state index contributed by atoms with van der Waals surface area (Å²) in [5.41, 5.74) is 4.92. The molecule has 0 aromatic carbocycles. The molecule has 31 valence electrons. The van der Waals surface area contributed by atoms with Crippen LogP contribution in [0.25, 0.3) is 0 Å². The summed E-state index contributed by atoms with van der Waals surface area (Å²) in [7, 11) is 0. The van der Waals surface area contributed by atoms with Crippen LogP contribution in [-0.2, 0) is 0 Å². The number of hydrogen-bond acceptors (Lipinski definition) is 2. The van der Waals surface area contributed by atoms with E-state index in [4.69, 9.17) is 10.8 Å². The first kappa shape index (κ1) is 4.92. The monoisotopic (exact) mass is 74.1 g/mol. The molecular weight excluding hydrogens is 66.0 g/mol. The molecule has 0 bridgehead atoms. The minimum Gasteiger partial charge on any atom is -0.396 e. The zero-order valence-corrected chi connectivity index (χ0v) is 3.02. The third-order valence-electron chi connectivity index (χ3n) is 0.296. The van der Waals surface area contributed by atoms with Gasteiger partial charge in [0.15, 0.2) is 0 Å². The third kappa shape index (κ3) is 3.92. The van der Waals surface area contributed by atoms with Crippen LogP contribution >= 0.6 is 0 Å². The molecule has 0 unspecified atom stereocenters. The summed E-state index contributed by atoms with van der Waals surface area (Å²) >= 11 is 0. The summed E-state index contributed by atoms with van der Waals surface area (Å²) in [6, 6.07) is 0. The van der Waals surface area contributed by atoms with Gasteiger partial charge in [-0.25, -0.2) is 0 Å². The molecule has 0 aromatic rings. The second-order valence-electron chi connectivity index (χ2n) is 0.707. The van der Waals surface area contributed by atoms with E-state index in [2.05, 4.69) is 0 Å². The Morgan fingerprint density at radius 1 is 1.80 bits per heavy atom. The maximum absolute atomic E-state index is 7.93. The summed E-state index contributed by atoms with van der Waals surface area (Å²) in [6.45, 7) is 0.562. The lowest BCUT2D eigenvalue weighted by Gasteiger charge is -1.79. The van der Waals surface area contributed by atoms with Crippen molar-refractivity contribution >= 4 is 0 Å². The maximum Gasteiger partial charge on any atom is 0.0475 e. The van der Waals surface area contributed by atoms with Gasteiger partial charge in [0.1, 0.15) is 0 Å². The Kier molecular flexibility index (Phi) is 3.86. The first-order valence-electron chi connectivity index (χ1n) is 1.54. The molecule has 0 amide bonds. The predicted octanol–water partition coefficient (Wildman–Crippen LogP) is -0.858. The fraction of sp³-hybridized carbons (Fsp3) is 0.667. The Bertz CT molecular complexity index is 14.4. The van der Waals surface area contributed by atoms with Gasteiger partial charge in [0.05, 0.1) is 0 Å². The fourth-order valence-electron chi connectivity index (χ4n) is 0.0745. The lowest BCUT2D eigenvalue weighted by molar-refractivity contribution is 0.326. The second kappa shape index (κ2) is 3.92. The van der Waals surface area contributed by atoms with Gasteiger partial charge in [-0.05, 0) is 6.54 Å². The van der Waals surface area contributed by atoms with Gasteiger partial charge in [0, 0.05) is 13.0 Å². The molecule has 5 heavy (non-hydrogen) atoms. The first-order valence-corrected chi connectivity index (χ1v) is 1.54. The molecular formula is C3H8NO. The van der Waals surface area contributed by atoms with Gasteiger partial charge in [-0.3, -0.25) is 0 Å². The van der Waals surface area contributed by atoms with E-state index in [9.17, 15) is 0 Å². The predicted molar refractivity (Wildman–Crippen MR) is 20.4 cm³/mol. The van der Waals surface area contributed by atoms with Crippen LogP contribution in [0, 0.1) is 6.42 Å². The Hall–Kier alpha value is -0.0800. The van der Waals surface area contributed by atoms with Crippen LogP contribution in [0.5, 0.6) is 0 Å². The summed E-state index contributed by atoms with van der Waals surface area (Å²) < 4.78 is 0. The molecule has 0 fully saturated rings. The van der Waals surface area contributed by atoms with E-state index >= 15 is 0 Å². The molecule has 0 rings (SSSR count). The fourth-order valence-corrected chi connectivity index (χ4v) is 0.0745. The summed E-state index contributed by atoms with van der Waals surface area (Å²) in [4.78, 5) is 0. The molecule has 0 saturated carbocycles. The van der Waals surface area contributed by atoms with Gasteiger partial charge >= 0.3 is 0 Å². The molecule has 0 spiro atoms. The number of hydrogen-bond donors (Lipinski definition) is 2. The average molecular weight is 74.1 g/mol. The van der Waals surface area contributed by atoms with Crippen molar-refractivity contribution in [2.75, 3.05) is 13.2 Å². The zero-order valence-electron chi connectivity index (χ0n) is 3.02. The molecule has 2 nitrogen and oxygen atoms in total. The molecule has 0 aromatic heterocycles. The molecule has 0 aliphatic heterocycles. The first-order chi connectivity index (χ1) is 2.41. The van der Waals surface area contributed by atoms with Gasteiger partial charge in [-0.15, -0.1) is 0 Å². The van der Waals surface area contributed by atoms with Crippen molar-refractivity contribution in [1.82, 2.24) is 0 Å². The van der Waals surface area contributed by atoms with Crippen LogP contribution in [0.3, 0.4) is 0 Å². The van der Waals surface area contributed by atoms with E-state index in [1.165, 1.54) is 0 Å². The maximum atomic E-state index is 7.93. The van der Waals surface area contributed by atoms with Gasteiger partial charge in [-0.2, -0.15) is 0 Å². The smallest absolute Gasteiger partial charge is 0.0475 e. The van der Waals surface area contributed by atoms with E-state index in [1.54, 1.807) is 6.42 Å². The largest absolute Gasteiger partial charge is 0.396 e. The number of aliphatic hydroxyl groups excluding tert-OH is 1. The van der Waals surface area contributed by atoms with Crippen molar-refractivity contribution in [3.63, 3.8) is 0 Å². The highest BCUT2D eigenvalue weighted by Crippen LogP contribution is 1.59. The molecule has 0 aliphatic carbocycles. The van der Waals surface area contributed by atoms with E-state index in [0.29, 0.717) is 6.54 Å². The minimum atomic E-state index is 0.0938. The van der Waals surface area contributed by atoms with Crippen LogP contribution in [0.15, 0.2) is 0 Å². The zero-order chi connectivity index (χ0) is 4.12. The van der Waals surface area contributed by atoms with Crippen LogP contribution in [0.4, 0.5) is 0 Å². The van der Waals surface area contributed by atoms with E-state index in [1.807, 2.05) is 0 Å². The molecule has 0 aliphatic rings. The molecule has 0 saturated heterocycles. The number of nitrogens with two attached hydrogens (primary N) is 1. The highest BCUT2D eigenvalue weighted by molar-refractivity contribution is 4.59. The van der Waals surface area contributed by atoms with E-state index in [-0.39, 0.29) is 6.61 Å². The Morgan fingerprint density at radius 3 is 2.40 bits per heavy atom. The van der Waals surface area contributed by atoms with Crippen molar-refractivity contribution in [3.05, 3.63) is 6.42 Å². The van der Waals surface area contributed by atoms with Gasteiger partial charge in [0.25, 0.3) is 0 Å². The topological polar surface area (TPSA) is 46.2 Å². The third-order valence-corrected chi connectivity index (χ3v) is 0.296. The van der Waals surface area contributed by atoms with Crippen LogP contribution in [-0.4, -0.2) is 18.3 Å². The lowest BCUT2D eigenvalue weighted by Crippen LogP contribution is -2.01. The molecule has 0 atom stereocenters. The van der Waals surface area contributed by atoms with E-state index in [0.717, 1.165) is 0 Å². The molecule has 0 heterocycles. The second-order valence-corrected chi connectivity index (χ2v) is 0.707. The standard InChI is InChI=1S/C3H8NO/c4-2-1-3-5/h1,5H,2-4H2. The van der Waals surface area contributed by atoms with Crippen molar-refractivity contribution in [2.24, 2.45) is 5.73 Å². The summed E-state index contributed by atoms with van der Waals surface area (Å²) in [5, 5.41) is 7.93. The van der Waals surface area contributed by atoms with Crippen molar-refractivity contribution in [3.8, 4) is 0 Å². The number of rotatable bonds is 2. The van der Waals surface area contributed by atoms with Crippen molar-refractivity contribution in [1.29, 1.82) is 0 Å². The van der Waals surface area contributed by atoms with Gasteiger partial charge < -0.3 is 10.8 Å². The average Bonchev–Trinajstić information content (AvgIpc) is 1.41. The summed E-state index contributed by atoms with van der Waals surface area (Å²) in [5.74, 6) is 0. The van der Waals surface area contributed by atoms with Crippen LogP contribution in [0.2, 0.25) is 0 Å².